The van der Waals surface area contributed by atoms with Crippen LogP contribution in [0.15, 0.2) is 24.3 Å². The molecule has 1 N–H and O–H groups in total. The molecule has 1 aromatic carbocycles. The largest absolute Gasteiger partial charge is 0.416 e. The van der Waals surface area contributed by atoms with Gasteiger partial charge in [-0.1, -0.05) is 38.8 Å². The normalized spacial score (nSPS) is 25.2. The number of pyridine rings is 1. The summed E-state index contributed by atoms with van der Waals surface area (Å²) in [4.78, 5) is 17.5. The minimum atomic E-state index is -4.43. The number of hydrogen-bond acceptors (Lipinski definition) is 4. The Morgan fingerprint density at radius 1 is 1.12 bits per heavy atom. The lowest BCUT2D eigenvalue weighted by Gasteiger charge is -2.37. The number of carbonyl (C=O) groups excluding carboxylic acids is 1. The molecule has 1 aromatic heterocycles. The predicted molar refractivity (Wildman–Crippen MR) is 116 cm³/mol. The molecule has 3 aliphatic rings. The predicted octanol–water partition coefficient (Wildman–Crippen LogP) is 6.20. The van der Waals surface area contributed by atoms with Gasteiger partial charge < -0.3 is 9.84 Å². The van der Waals surface area contributed by atoms with Crippen molar-refractivity contribution in [3.8, 4) is 0 Å². The molecule has 2 aromatic rings. The molecule has 1 saturated carbocycles. The standard InChI is InChI=1S/C26H28F3NO3/c1-14(31)22-20-21(19-17(30-22)12-24(2,3)13-18(19)32)25(10-4-5-11-25)33-23(20)15-6-8-16(9-7-15)26(27,28)29/h6-9,18,23,32H,4-5,10-13H2,1-3H3. The molecule has 7 heteroatoms. The zero-order chi connectivity index (χ0) is 23.8. The van der Waals surface area contributed by atoms with Crippen LogP contribution in [0.5, 0.6) is 0 Å². The van der Waals surface area contributed by atoms with Crippen LogP contribution in [0.25, 0.3) is 0 Å². The number of Topliss-reactive ketones (excluding diaryl/α,β-unsaturated/α-hetero) is 1. The van der Waals surface area contributed by atoms with Crippen LogP contribution in [0.2, 0.25) is 0 Å². The lowest BCUT2D eigenvalue weighted by molar-refractivity contribution is -0.137. The zero-order valence-corrected chi connectivity index (χ0v) is 19.1. The Labute approximate surface area is 191 Å². The van der Waals surface area contributed by atoms with E-state index in [2.05, 4.69) is 13.8 Å². The van der Waals surface area contributed by atoms with Crippen LogP contribution in [0.1, 0.15) is 109 Å². The molecule has 0 amide bonds. The second-order valence-corrected chi connectivity index (χ2v) is 10.5. The van der Waals surface area contributed by atoms with E-state index in [0.717, 1.165) is 54.6 Å². The molecule has 0 saturated heterocycles. The maximum absolute atomic E-state index is 13.1. The minimum absolute atomic E-state index is 0.156. The van der Waals surface area contributed by atoms with Crippen LogP contribution in [0.4, 0.5) is 13.2 Å². The van der Waals surface area contributed by atoms with Gasteiger partial charge in [-0.15, -0.1) is 0 Å². The van der Waals surface area contributed by atoms with Gasteiger partial charge in [0.05, 0.1) is 17.3 Å². The van der Waals surface area contributed by atoms with Gasteiger partial charge in [0.2, 0.25) is 0 Å². The number of rotatable bonds is 2. The fraction of sp³-hybridized carbons (Fsp3) is 0.538. The SMILES string of the molecule is CC(=O)c1nc2c(c3c1C(c1ccc(C(F)(F)F)cc1)OC31CCCC1)C(O)CC(C)(C)C2. The van der Waals surface area contributed by atoms with Crippen molar-refractivity contribution in [3.63, 3.8) is 0 Å². The highest BCUT2D eigenvalue weighted by Gasteiger charge is 2.53. The Morgan fingerprint density at radius 2 is 1.76 bits per heavy atom. The number of carbonyl (C=O) groups is 1. The van der Waals surface area contributed by atoms with E-state index in [0.29, 0.717) is 29.7 Å². The third-order valence-electron chi connectivity index (χ3n) is 7.42. The third kappa shape index (κ3) is 3.60. The third-order valence-corrected chi connectivity index (χ3v) is 7.42. The topological polar surface area (TPSA) is 59.4 Å². The maximum Gasteiger partial charge on any atom is 0.416 e. The highest BCUT2D eigenvalue weighted by atomic mass is 19.4. The molecule has 2 aliphatic carbocycles. The molecule has 33 heavy (non-hydrogen) atoms. The Bertz CT molecular complexity index is 1120. The van der Waals surface area contributed by atoms with E-state index >= 15 is 0 Å². The number of hydrogen-bond donors (Lipinski definition) is 1. The number of alkyl halides is 3. The first-order valence-electron chi connectivity index (χ1n) is 11.5. The maximum atomic E-state index is 13.1. The summed E-state index contributed by atoms with van der Waals surface area (Å²) in [6.45, 7) is 5.62. The van der Waals surface area contributed by atoms with Crippen molar-refractivity contribution in [2.45, 2.75) is 83.3 Å². The molecule has 0 bridgehead atoms. The van der Waals surface area contributed by atoms with Gasteiger partial charge in [0.1, 0.15) is 11.8 Å². The molecule has 1 aliphatic heterocycles. The van der Waals surface area contributed by atoms with E-state index in [4.69, 9.17) is 9.72 Å². The highest BCUT2D eigenvalue weighted by molar-refractivity contribution is 5.95. The molecule has 2 unspecified atom stereocenters. The fourth-order valence-corrected chi connectivity index (χ4v) is 6.06. The number of halogens is 3. The van der Waals surface area contributed by atoms with Crippen molar-refractivity contribution < 1.29 is 27.8 Å². The number of nitrogens with zero attached hydrogens (tertiary/aromatic N) is 1. The first-order valence-corrected chi connectivity index (χ1v) is 11.5. The van der Waals surface area contributed by atoms with Crippen molar-refractivity contribution in [1.82, 2.24) is 4.98 Å². The Balaban J connectivity index is 1.74. The lowest BCUT2D eigenvalue weighted by Crippen LogP contribution is -2.32. The molecular weight excluding hydrogens is 431 g/mol. The van der Waals surface area contributed by atoms with Gasteiger partial charge in [0.15, 0.2) is 5.78 Å². The number of aromatic nitrogens is 1. The summed E-state index contributed by atoms with van der Waals surface area (Å²) >= 11 is 0. The molecule has 4 nitrogen and oxygen atoms in total. The first kappa shape index (κ1) is 22.5. The van der Waals surface area contributed by atoms with Gasteiger partial charge >= 0.3 is 6.18 Å². The summed E-state index contributed by atoms with van der Waals surface area (Å²) in [7, 11) is 0. The molecule has 0 radical (unpaired) electrons. The highest BCUT2D eigenvalue weighted by Crippen LogP contribution is 2.59. The summed E-state index contributed by atoms with van der Waals surface area (Å²) in [5.74, 6) is -0.206. The summed E-state index contributed by atoms with van der Waals surface area (Å²) in [6, 6.07) is 4.95. The summed E-state index contributed by atoms with van der Waals surface area (Å²) < 4.78 is 46.0. The smallest absolute Gasteiger partial charge is 0.388 e. The molecule has 2 heterocycles. The van der Waals surface area contributed by atoms with Crippen LogP contribution >= 0.6 is 0 Å². The summed E-state index contributed by atoms with van der Waals surface area (Å²) in [5, 5.41) is 11.2. The van der Waals surface area contributed by atoms with Crippen LogP contribution in [-0.2, 0) is 22.9 Å². The molecule has 176 valence electrons. The van der Waals surface area contributed by atoms with Crippen LogP contribution in [-0.4, -0.2) is 15.9 Å². The van der Waals surface area contributed by atoms with Crippen LogP contribution < -0.4 is 0 Å². The molecule has 1 spiro atoms. The van der Waals surface area contributed by atoms with Gasteiger partial charge in [-0.05, 0) is 54.4 Å². The average molecular weight is 460 g/mol. The Kier molecular flexibility index (Phi) is 5.04. The van der Waals surface area contributed by atoms with Crippen molar-refractivity contribution in [2.24, 2.45) is 5.41 Å². The molecule has 1 fully saturated rings. The Hall–Kier alpha value is -2.25. The second kappa shape index (κ2) is 7.37. The number of aliphatic hydroxyl groups is 1. The van der Waals surface area contributed by atoms with E-state index in [1.54, 1.807) is 0 Å². The Morgan fingerprint density at radius 3 is 2.33 bits per heavy atom. The summed E-state index contributed by atoms with van der Waals surface area (Å²) in [5.41, 5.74) is 2.33. The van der Waals surface area contributed by atoms with Crippen molar-refractivity contribution in [3.05, 3.63) is 63.5 Å². The molecule has 2 atom stereocenters. The van der Waals surface area contributed by atoms with Gasteiger partial charge in [-0.25, -0.2) is 4.98 Å². The van der Waals surface area contributed by atoms with Crippen molar-refractivity contribution in [2.75, 3.05) is 0 Å². The average Bonchev–Trinajstić information content (AvgIpc) is 3.31. The first-order chi connectivity index (χ1) is 15.4. The lowest BCUT2D eigenvalue weighted by atomic mass is 9.70. The number of aliphatic hydroxyl groups excluding tert-OH is 1. The van der Waals surface area contributed by atoms with Crippen LogP contribution in [0, 0.1) is 5.41 Å². The van der Waals surface area contributed by atoms with E-state index in [9.17, 15) is 23.1 Å². The minimum Gasteiger partial charge on any atom is -0.388 e. The fourth-order valence-electron chi connectivity index (χ4n) is 6.06. The van der Waals surface area contributed by atoms with E-state index in [1.807, 2.05) is 0 Å². The number of ketones is 1. The zero-order valence-electron chi connectivity index (χ0n) is 19.1. The van der Waals surface area contributed by atoms with Gasteiger partial charge in [-0.2, -0.15) is 13.2 Å². The number of benzene rings is 1. The van der Waals surface area contributed by atoms with E-state index < -0.39 is 29.5 Å². The van der Waals surface area contributed by atoms with Gasteiger partial charge in [0, 0.05) is 23.7 Å². The quantitative estimate of drug-likeness (QED) is 0.544. The van der Waals surface area contributed by atoms with Crippen molar-refractivity contribution in [1.29, 1.82) is 0 Å². The van der Waals surface area contributed by atoms with E-state index in [1.165, 1.54) is 19.1 Å². The number of ether oxygens (including phenoxy) is 1. The monoisotopic (exact) mass is 459 g/mol. The van der Waals surface area contributed by atoms with Crippen molar-refractivity contribution >= 4 is 5.78 Å². The molecule has 5 rings (SSSR count). The van der Waals surface area contributed by atoms with Gasteiger partial charge in [0.25, 0.3) is 0 Å². The number of fused-ring (bicyclic) bond motifs is 4. The van der Waals surface area contributed by atoms with E-state index in [-0.39, 0.29) is 11.2 Å². The molecular formula is C26H28F3NO3. The second-order valence-electron chi connectivity index (χ2n) is 10.5. The summed E-state index contributed by atoms with van der Waals surface area (Å²) in [6.07, 6.45) is -1.22. The van der Waals surface area contributed by atoms with Gasteiger partial charge in [-0.3, -0.25) is 4.79 Å². The van der Waals surface area contributed by atoms with Crippen LogP contribution in [0.3, 0.4) is 0 Å².